The molecule has 0 saturated heterocycles. The Labute approximate surface area is 143 Å². The zero-order valence-electron chi connectivity index (χ0n) is 12.5. The van der Waals surface area contributed by atoms with Crippen LogP contribution in [0.4, 0.5) is 0 Å². The van der Waals surface area contributed by atoms with Gasteiger partial charge in [0, 0.05) is 20.5 Å². The van der Waals surface area contributed by atoms with Gasteiger partial charge in [0.15, 0.2) is 0 Å². The van der Waals surface area contributed by atoms with Gasteiger partial charge in [-0.1, -0.05) is 52.3 Å². The van der Waals surface area contributed by atoms with Gasteiger partial charge in [0.1, 0.15) is 0 Å². The lowest BCUT2D eigenvalue weighted by Crippen LogP contribution is -1.91. The second-order valence-electron chi connectivity index (χ2n) is 5.10. The number of thioether (sulfide) groups is 1. The van der Waals surface area contributed by atoms with Gasteiger partial charge < -0.3 is 0 Å². The normalized spacial score (nSPS) is 10.7. The van der Waals surface area contributed by atoms with E-state index in [0.717, 1.165) is 21.4 Å². The smallest absolute Gasteiger partial charge is 0.0723 e. The van der Waals surface area contributed by atoms with Crippen molar-refractivity contribution in [2.75, 3.05) is 6.26 Å². The lowest BCUT2D eigenvalue weighted by atomic mass is 10.0. The maximum Gasteiger partial charge on any atom is 0.0723 e. The maximum absolute atomic E-state index is 4.88. The molecule has 0 N–H and O–H groups in total. The summed E-state index contributed by atoms with van der Waals surface area (Å²) in [6.07, 6.45) is 2.10. The first-order valence-corrected chi connectivity index (χ1v) is 9.07. The van der Waals surface area contributed by atoms with Crippen molar-refractivity contribution in [2.24, 2.45) is 0 Å². The summed E-state index contributed by atoms with van der Waals surface area (Å²) >= 11 is 5.23. The molecule has 0 atom stereocenters. The third-order valence-corrected chi connectivity index (χ3v) is 4.83. The molecule has 110 valence electrons. The summed E-state index contributed by atoms with van der Waals surface area (Å²) in [7, 11) is 0. The molecule has 0 aliphatic heterocycles. The molecule has 2 aromatic carbocycles. The number of aromatic nitrogens is 1. The fourth-order valence-corrected chi connectivity index (χ4v) is 3.11. The van der Waals surface area contributed by atoms with E-state index in [-0.39, 0.29) is 0 Å². The molecule has 3 rings (SSSR count). The Morgan fingerprint density at radius 2 is 1.59 bits per heavy atom. The number of aryl methyl sites for hydroxylation is 1. The molecule has 22 heavy (non-hydrogen) atoms. The van der Waals surface area contributed by atoms with Crippen molar-refractivity contribution in [3.63, 3.8) is 0 Å². The highest BCUT2D eigenvalue weighted by Crippen LogP contribution is 2.30. The van der Waals surface area contributed by atoms with E-state index in [1.54, 1.807) is 11.8 Å². The standard InChI is InChI=1S/C19H16BrNS/c1-13-5-3-4-6-17(13)19-12-16(22-2)11-18(21-19)14-7-9-15(20)10-8-14/h3-12H,1-2H3. The molecule has 0 aliphatic carbocycles. The van der Waals surface area contributed by atoms with E-state index < -0.39 is 0 Å². The highest BCUT2D eigenvalue weighted by Gasteiger charge is 2.08. The van der Waals surface area contributed by atoms with E-state index in [1.165, 1.54) is 16.0 Å². The summed E-state index contributed by atoms with van der Waals surface area (Å²) in [5.41, 5.74) is 5.61. The van der Waals surface area contributed by atoms with Gasteiger partial charge >= 0.3 is 0 Å². The van der Waals surface area contributed by atoms with Crippen LogP contribution in [-0.4, -0.2) is 11.2 Å². The van der Waals surface area contributed by atoms with Gasteiger partial charge in [-0.05, 0) is 43.0 Å². The van der Waals surface area contributed by atoms with Crippen LogP contribution in [0.15, 0.2) is 70.0 Å². The monoisotopic (exact) mass is 369 g/mol. The molecule has 1 heterocycles. The first kappa shape index (κ1) is 15.3. The molecule has 3 heteroatoms. The molecule has 0 radical (unpaired) electrons. The van der Waals surface area contributed by atoms with E-state index in [9.17, 15) is 0 Å². The number of rotatable bonds is 3. The van der Waals surface area contributed by atoms with Crippen LogP contribution < -0.4 is 0 Å². The van der Waals surface area contributed by atoms with Crippen LogP contribution in [0.1, 0.15) is 5.56 Å². The Bertz CT molecular complexity index is 797. The van der Waals surface area contributed by atoms with Crippen LogP contribution in [-0.2, 0) is 0 Å². The third kappa shape index (κ3) is 3.26. The van der Waals surface area contributed by atoms with Crippen molar-refractivity contribution in [1.82, 2.24) is 4.98 Å². The molecular formula is C19H16BrNS. The maximum atomic E-state index is 4.88. The molecule has 0 saturated carbocycles. The highest BCUT2D eigenvalue weighted by atomic mass is 79.9. The highest BCUT2D eigenvalue weighted by molar-refractivity contribution is 9.10. The van der Waals surface area contributed by atoms with Crippen LogP contribution in [0.5, 0.6) is 0 Å². The molecule has 0 aliphatic rings. The van der Waals surface area contributed by atoms with Crippen LogP contribution in [0.25, 0.3) is 22.5 Å². The molecule has 0 amide bonds. The van der Waals surface area contributed by atoms with Gasteiger partial charge in [-0.2, -0.15) is 0 Å². The molecule has 1 aromatic heterocycles. The van der Waals surface area contributed by atoms with Crippen molar-refractivity contribution >= 4 is 27.7 Å². The fraction of sp³-hybridized carbons (Fsp3) is 0.105. The Kier molecular flexibility index (Phi) is 4.65. The minimum Gasteiger partial charge on any atom is -0.248 e. The first-order valence-electron chi connectivity index (χ1n) is 7.05. The van der Waals surface area contributed by atoms with E-state index >= 15 is 0 Å². The van der Waals surface area contributed by atoms with Crippen molar-refractivity contribution in [1.29, 1.82) is 0 Å². The minimum atomic E-state index is 1.01. The number of pyridine rings is 1. The minimum absolute atomic E-state index is 1.01. The van der Waals surface area contributed by atoms with Crippen LogP contribution in [0, 0.1) is 6.92 Å². The lowest BCUT2D eigenvalue weighted by Gasteiger charge is -2.10. The summed E-state index contributed by atoms with van der Waals surface area (Å²) in [5.74, 6) is 0. The summed E-state index contributed by atoms with van der Waals surface area (Å²) < 4.78 is 1.08. The van der Waals surface area contributed by atoms with Gasteiger partial charge in [0.2, 0.25) is 0 Å². The van der Waals surface area contributed by atoms with Crippen molar-refractivity contribution in [3.8, 4) is 22.5 Å². The van der Waals surface area contributed by atoms with Gasteiger partial charge in [-0.15, -0.1) is 11.8 Å². The quantitative estimate of drug-likeness (QED) is 0.509. The van der Waals surface area contributed by atoms with Gasteiger partial charge in [0.25, 0.3) is 0 Å². The Morgan fingerprint density at radius 3 is 2.27 bits per heavy atom. The zero-order valence-corrected chi connectivity index (χ0v) is 14.9. The van der Waals surface area contributed by atoms with Gasteiger partial charge in [-0.3, -0.25) is 0 Å². The summed E-state index contributed by atoms with van der Waals surface area (Å²) in [6.45, 7) is 2.13. The summed E-state index contributed by atoms with van der Waals surface area (Å²) in [6, 6.07) is 21.0. The van der Waals surface area contributed by atoms with Crippen LogP contribution in [0.2, 0.25) is 0 Å². The predicted octanol–water partition coefficient (Wildman–Crippen LogP) is 6.21. The number of nitrogens with zero attached hydrogens (tertiary/aromatic N) is 1. The van der Waals surface area contributed by atoms with Gasteiger partial charge in [-0.25, -0.2) is 4.98 Å². The van der Waals surface area contributed by atoms with Crippen molar-refractivity contribution < 1.29 is 0 Å². The number of benzene rings is 2. The summed E-state index contributed by atoms with van der Waals surface area (Å²) in [4.78, 5) is 6.11. The third-order valence-electron chi connectivity index (χ3n) is 3.60. The molecule has 0 fully saturated rings. The largest absolute Gasteiger partial charge is 0.248 e. The van der Waals surface area contributed by atoms with Crippen LogP contribution >= 0.6 is 27.7 Å². The first-order chi connectivity index (χ1) is 10.7. The van der Waals surface area contributed by atoms with E-state index in [1.807, 2.05) is 0 Å². The molecular weight excluding hydrogens is 354 g/mol. The molecule has 0 unspecified atom stereocenters. The van der Waals surface area contributed by atoms with Gasteiger partial charge in [0.05, 0.1) is 11.4 Å². The average molecular weight is 370 g/mol. The van der Waals surface area contributed by atoms with E-state index in [4.69, 9.17) is 4.98 Å². The van der Waals surface area contributed by atoms with E-state index in [2.05, 4.69) is 89.8 Å². The second-order valence-corrected chi connectivity index (χ2v) is 6.89. The Hall–Kier alpha value is -1.58. The number of hydrogen-bond acceptors (Lipinski definition) is 2. The summed E-state index contributed by atoms with van der Waals surface area (Å²) in [5, 5.41) is 0. The average Bonchev–Trinajstić information content (AvgIpc) is 2.55. The van der Waals surface area contributed by atoms with Crippen LogP contribution in [0.3, 0.4) is 0 Å². The second kappa shape index (κ2) is 6.67. The molecule has 0 spiro atoms. The predicted molar refractivity (Wildman–Crippen MR) is 99.3 cm³/mol. The zero-order chi connectivity index (χ0) is 15.5. The Balaban J connectivity index is 2.15. The molecule has 0 bridgehead atoms. The fourth-order valence-electron chi connectivity index (χ4n) is 2.39. The topological polar surface area (TPSA) is 12.9 Å². The van der Waals surface area contributed by atoms with Crippen molar-refractivity contribution in [3.05, 3.63) is 70.7 Å². The lowest BCUT2D eigenvalue weighted by molar-refractivity contribution is 1.25. The number of hydrogen-bond donors (Lipinski definition) is 0. The Morgan fingerprint density at radius 1 is 0.909 bits per heavy atom. The van der Waals surface area contributed by atoms with E-state index in [0.29, 0.717) is 0 Å². The van der Waals surface area contributed by atoms with Crippen molar-refractivity contribution in [2.45, 2.75) is 11.8 Å². The molecule has 3 aromatic rings. The number of halogens is 1. The molecule has 1 nitrogen and oxygen atoms in total. The SMILES string of the molecule is CSc1cc(-c2ccc(Br)cc2)nc(-c2ccccc2C)c1.